The molecule has 104 valence electrons. The van der Waals surface area contributed by atoms with Crippen LogP contribution >= 0.6 is 24.0 Å². The summed E-state index contributed by atoms with van der Waals surface area (Å²) < 4.78 is 13.5. The van der Waals surface area contributed by atoms with E-state index in [1.807, 2.05) is 6.08 Å². The minimum Gasteiger partial charge on any atom is -0.348 e. The Bertz CT molecular complexity index is 471. The number of benzene rings is 1. The number of halogens is 3. The molecule has 0 spiro atoms. The Morgan fingerprint density at radius 1 is 1.47 bits per heavy atom. The van der Waals surface area contributed by atoms with Crippen LogP contribution in [0.5, 0.6) is 0 Å². The van der Waals surface area contributed by atoms with E-state index in [1.54, 1.807) is 0 Å². The third-order valence-corrected chi connectivity index (χ3v) is 3.14. The van der Waals surface area contributed by atoms with Gasteiger partial charge in [-0.3, -0.25) is 4.79 Å². The van der Waals surface area contributed by atoms with Gasteiger partial charge in [0.2, 0.25) is 0 Å². The third kappa shape index (κ3) is 4.20. The van der Waals surface area contributed by atoms with Crippen molar-refractivity contribution in [3.63, 3.8) is 0 Å². The second-order valence-corrected chi connectivity index (χ2v) is 4.50. The molecule has 2 rings (SSSR count). The molecule has 0 saturated carbocycles. The lowest BCUT2D eigenvalue weighted by Crippen LogP contribution is -2.30. The average Bonchev–Trinajstić information content (AvgIpc) is 2.37. The topological polar surface area (TPSA) is 41.1 Å². The van der Waals surface area contributed by atoms with Crippen LogP contribution in [-0.2, 0) is 0 Å². The molecule has 1 aromatic rings. The van der Waals surface area contributed by atoms with Gasteiger partial charge < -0.3 is 10.6 Å². The molecule has 3 nitrogen and oxygen atoms in total. The molecule has 2 N–H and O–H groups in total. The van der Waals surface area contributed by atoms with Gasteiger partial charge in [0.15, 0.2) is 0 Å². The molecule has 0 unspecified atom stereocenters. The van der Waals surface area contributed by atoms with Crippen LogP contribution in [0.2, 0.25) is 5.02 Å². The molecule has 6 heteroatoms. The van der Waals surface area contributed by atoms with Crippen LogP contribution in [0.1, 0.15) is 16.8 Å². The van der Waals surface area contributed by atoms with Crippen molar-refractivity contribution in [1.29, 1.82) is 0 Å². The fourth-order valence-corrected chi connectivity index (χ4v) is 2.08. The summed E-state index contributed by atoms with van der Waals surface area (Å²) in [4.78, 5) is 11.9. The summed E-state index contributed by atoms with van der Waals surface area (Å²) >= 11 is 5.82. The number of carbonyl (C=O) groups is 1. The first-order chi connectivity index (χ1) is 8.68. The van der Waals surface area contributed by atoms with Crippen molar-refractivity contribution < 1.29 is 9.18 Å². The zero-order valence-electron chi connectivity index (χ0n) is 10.2. The van der Waals surface area contributed by atoms with E-state index in [4.69, 9.17) is 11.6 Å². The predicted octanol–water partition coefficient (Wildman–Crippen LogP) is 2.55. The molecule has 19 heavy (non-hydrogen) atoms. The summed E-state index contributed by atoms with van der Waals surface area (Å²) in [5.41, 5.74) is 1.06. The minimum atomic E-state index is -0.598. The van der Waals surface area contributed by atoms with Crippen LogP contribution in [-0.4, -0.2) is 25.5 Å². The summed E-state index contributed by atoms with van der Waals surface area (Å²) in [6.07, 6.45) is 2.93. The number of nitrogens with one attached hydrogen (secondary N) is 2. The van der Waals surface area contributed by atoms with Gasteiger partial charge in [0.1, 0.15) is 5.82 Å². The first-order valence-corrected chi connectivity index (χ1v) is 6.17. The van der Waals surface area contributed by atoms with Crippen LogP contribution in [0.15, 0.2) is 29.8 Å². The molecule has 1 heterocycles. The Kier molecular flexibility index (Phi) is 6.28. The standard InChI is InChI=1S/C13H14ClFN2O.ClH/c14-10-2-1-3-11(15)12(10)13(18)17-8-9-4-6-16-7-5-9;/h1-4,16H,5-8H2,(H,17,18);1H. The average molecular weight is 305 g/mol. The van der Waals surface area contributed by atoms with Gasteiger partial charge >= 0.3 is 0 Å². The van der Waals surface area contributed by atoms with Crippen molar-refractivity contribution in [2.24, 2.45) is 0 Å². The highest BCUT2D eigenvalue weighted by Crippen LogP contribution is 2.18. The molecule has 0 saturated heterocycles. The molecule has 1 amide bonds. The molecular formula is C13H15Cl2FN2O. The highest BCUT2D eigenvalue weighted by atomic mass is 35.5. The molecule has 0 fully saturated rings. The zero-order chi connectivity index (χ0) is 13.0. The first-order valence-electron chi connectivity index (χ1n) is 5.79. The zero-order valence-corrected chi connectivity index (χ0v) is 11.8. The quantitative estimate of drug-likeness (QED) is 0.843. The van der Waals surface area contributed by atoms with Crippen LogP contribution in [0.3, 0.4) is 0 Å². The van der Waals surface area contributed by atoms with Crippen molar-refractivity contribution in [3.05, 3.63) is 46.3 Å². The lowest BCUT2D eigenvalue weighted by atomic mass is 10.1. The predicted molar refractivity (Wildman–Crippen MR) is 76.6 cm³/mol. The van der Waals surface area contributed by atoms with Crippen LogP contribution in [0.4, 0.5) is 4.39 Å². The van der Waals surface area contributed by atoms with E-state index in [0.29, 0.717) is 6.54 Å². The van der Waals surface area contributed by atoms with E-state index < -0.39 is 11.7 Å². The van der Waals surface area contributed by atoms with E-state index >= 15 is 0 Å². The Morgan fingerprint density at radius 3 is 2.89 bits per heavy atom. The Morgan fingerprint density at radius 2 is 2.26 bits per heavy atom. The summed E-state index contributed by atoms with van der Waals surface area (Å²) in [5.74, 6) is -1.07. The van der Waals surface area contributed by atoms with Gasteiger partial charge in [0.05, 0.1) is 10.6 Å². The molecular weight excluding hydrogens is 290 g/mol. The van der Waals surface area contributed by atoms with Gasteiger partial charge in [-0.1, -0.05) is 29.3 Å². The maximum atomic E-state index is 13.5. The fraction of sp³-hybridized carbons (Fsp3) is 0.308. The molecule has 0 bridgehead atoms. The number of rotatable bonds is 3. The second kappa shape index (κ2) is 7.48. The van der Waals surface area contributed by atoms with Gasteiger partial charge in [-0.25, -0.2) is 4.39 Å². The summed E-state index contributed by atoms with van der Waals surface area (Å²) in [7, 11) is 0. The number of amides is 1. The van der Waals surface area contributed by atoms with E-state index in [9.17, 15) is 9.18 Å². The summed E-state index contributed by atoms with van der Waals surface area (Å²) in [5, 5.41) is 6.00. The second-order valence-electron chi connectivity index (χ2n) is 4.10. The molecule has 0 aromatic heterocycles. The molecule has 1 aliphatic heterocycles. The first kappa shape index (κ1) is 16.0. The van der Waals surface area contributed by atoms with Gasteiger partial charge in [-0.05, 0) is 25.1 Å². The van der Waals surface area contributed by atoms with Crippen molar-refractivity contribution in [2.45, 2.75) is 6.42 Å². The van der Waals surface area contributed by atoms with Crippen molar-refractivity contribution in [3.8, 4) is 0 Å². The Balaban J connectivity index is 0.00000180. The molecule has 0 aliphatic carbocycles. The van der Waals surface area contributed by atoms with Crippen molar-refractivity contribution >= 4 is 29.9 Å². The van der Waals surface area contributed by atoms with E-state index in [-0.39, 0.29) is 23.0 Å². The minimum absolute atomic E-state index is 0. The Hall–Kier alpha value is -1.10. The number of hydrogen-bond acceptors (Lipinski definition) is 2. The van der Waals surface area contributed by atoms with Crippen LogP contribution < -0.4 is 10.6 Å². The maximum Gasteiger partial charge on any atom is 0.256 e. The highest BCUT2D eigenvalue weighted by molar-refractivity contribution is 6.33. The number of carbonyl (C=O) groups excluding carboxylic acids is 1. The third-order valence-electron chi connectivity index (χ3n) is 2.82. The largest absolute Gasteiger partial charge is 0.348 e. The Labute approximate surface area is 122 Å². The lowest BCUT2D eigenvalue weighted by Gasteiger charge is -2.15. The van der Waals surface area contributed by atoms with Gasteiger partial charge in [-0.15, -0.1) is 12.4 Å². The molecule has 1 aromatic carbocycles. The van der Waals surface area contributed by atoms with Gasteiger partial charge in [-0.2, -0.15) is 0 Å². The highest BCUT2D eigenvalue weighted by Gasteiger charge is 2.15. The van der Waals surface area contributed by atoms with Crippen molar-refractivity contribution in [2.75, 3.05) is 19.6 Å². The van der Waals surface area contributed by atoms with E-state index in [0.717, 1.165) is 25.1 Å². The molecule has 0 radical (unpaired) electrons. The van der Waals surface area contributed by atoms with Crippen LogP contribution in [0.25, 0.3) is 0 Å². The van der Waals surface area contributed by atoms with Gasteiger partial charge in [0.25, 0.3) is 5.91 Å². The van der Waals surface area contributed by atoms with Crippen LogP contribution in [0, 0.1) is 5.82 Å². The lowest BCUT2D eigenvalue weighted by molar-refractivity contribution is 0.0953. The molecule has 0 atom stereocenters. The SMILES string of the molecule is Cl.O=C(NCC1=CCNCC1)c1c(F)cccc1Cl. The van der Waals surface area contributed by atoms with E-state index in [1.165, 1.54) is 18.2 Å². The smallest absolute Gasteiger partial charge is 0.256 e. The monoisotopic (exact) mass is 304 g/mol. The fourth-order valence-electron chi connectivity index (χ4n) is 1.83. The number of hydrogen-bond donors (Lipinski definition) is 2. The summed E-state index contributed by atoms with van der Waals surface area (Å²) in [6, 6.07) is 4.21. The normalized spacial score (nSPS) is 14.3. The maximum absolute atomic E-state index is 13.5. The molecule has 1 aliphatic rings. The van der Waals surface area contributed by atoms with E-state index in [2.05, 4.69) is 10.6 Å². The summed E-state index contributed by atoms with van der Waals surface area (Å²) in [6.45, 7) is 2.15. The van der Waals surface area contributed by atoms with Gasteiger partial charge in [0, 0.05) is 13.1 Å². The van der Waals surface area contributed by atoms with Crippen molar-refractivity contribution in [1.82, 2.24) is 10.6 Å².